The molecule has 4 unspecified atom stereocenters. The van der Waals surface area contributed by atoms with Crippen LogP contribution in [0.1, 0.15) is 178 Å². The van der Waals surface area contributed by atoms with Gasteiger partial charge in [-0.1, -0.05) is 0 Å². The van der Waals surface area contributed by atoms with E-state index in [1.165, 1.54) is 12.1 Å². The highest BCUT2D eigenvalue weighted by Gasteiger charge is 2.48. The first-order valence-corrected chi connectivity index (χ1v) is 21.3. The highest BCUT2D eigenvalue weighted by molar-refractivity contribution is 6.10. The van der Waals surface area contributed by atoms with Crippen LogP contribution in [0.3, 0.4) is 0 Å². The highest BCUT2D eigenvalue weighted by atomic mass is 16.5. The van der Waals surface area contributed by atoms with Crippen LogP contribution >= 0.6 is 0 Å². The summed E-state index contributed by atoms with van der Waals surface area (Å²) in [6.45, 7) is 33.8. The molecule has 0 bridgehead atoms. The van der Waals surface area contributed by atoms with Crippen molar-refractivity contribution in [3.05, 3.63) is 34.4 Å². The fraction of sp³-hybridized carbons (Fsp3) is 0.783. The summed E-state index contributed by atoms with van der Waals surface area (Å²) in [5.74, 6) is -3.27. The fourth-order valence-corrected chi connectivity index (χ4v) is 10.9. The van der Waals surface area contributed by atoms with Crippen molar-refractivity contribution in [3.8, 4) is 0 Å². The van der Waals surface area contributed by atoms with Gasteiger partial charge in [-0.3, -0.25) is 0 Å². The predicted molar refractivity (Wildman–Crippen MR) is 225 cm³/mol. The van der Waals surface area contributed by atoms with Gasteiger partial charge in [0.2, 0.25) is 0 Å². The van der Waals surface area contributed by atoms with Crippen LogP contribution in [-0.2, 0) is 18.9 Å². The third-order valence-electron chi connectivity index (χ3n) is 13.5. The van der Waals surface area contributed by atoms with Crippen molar-refractivity contribution in [2.75, 3.05) is 26.4 Å². The second-order valence-electron chi connectivity index (χ2n) is 22.9. The van der Waals surface area contributed by atoms with Gasteiger partial charge in [-0.25, -0.2) is 19.2 Å². The third kappa shape index (κ3) is 10.4. The number of esters is 4. The SMILES string of the molecule is CC1(C)CC(COC(=O)c2cc(C(=O)OCC3CC(C)(C)NC3(C)C)c(C(=O)OCC3CC(C)(C)NC3(C)C)cc2C(=O)OCC2CC(C)(C)NC2(C)C)C(C)(C)N1. The van der Waals surface area contributed by atoms with Gasteiger partial charge in [-0.15, -0.1) is 0 Å². The lowest BCUT2D eigenvalue weighted by Gasteiger charge is -2.29. The number of carbonyl (C=O) groups excluding carboxylic acids is 4. The Bertz CT molecular complexity index is 1520. The summed E-state index contributed by atoms with van der Waals surface area (Å²) in [6.07, 6.45) is 3.05. The predicted octanol–water partition coefficient (Wildman–Crippen LogP) is 6.98. The number of rotatable bonds is 12. The zero-order valence-corrected chi connectivity index (χ0v) is 38.4. The van der Waals surface area contributed by atoms with Crippen LogP contribution in [-0.4, -0.2) is 94.6 Å². The van der Waals surface area contributed by atoms with Gasteiger partial charge in [0.1, 0.15) is 0 Å². The molecule has 1 aromatic carbocycles. The number of benzene rings is 1. The van der Waals surface area contributed by atoms with Gasteiger partial charge in [0.15, 0.2) is 0 Å². The Morgan fingerprint density at radius 1 is 0.397 bits per heavy atom. The molecule has 326 valence electrons. The van der Waals surface area contributed by atoms with Gasteiger partial charge in [0, 0.05) is 68.0 Å². The number of ether oxygens (including phenoxy) is 4. The average Bonchev–Trinajstić information content (AvgIpc) is 3.60. The van der Waals surface area contributed by atoms with Gasteiger partial charge in [0.25, 0.3) is 0 Å². The van der Waals surface area contributed by atoms with Crippen molar-refractivity contribution >= 4 is 23.9 Å². The topological polar surface area (TPSA) is 153 Å². The van der Waals surface area contributed by atoms with Crippen LogP contribution in [0.2, 0.25) is 0 Å². The van der Waals surface area contributed by atoms with E-state index in [0.29, 0.717) is 0 Å². The normalized spacial score (nSPS) is 29.1. The van der Waals surface area contributed by atoms with E-state index in [0.717, 1.165) is 25.7 Å². The molecule has 4 atom stereocenters. The van der Waals surface area contributed by atoms with E-state index in [4.69, 9.17) is 18.9 Å². The molecule has 0 radical (unpaired) electrons. The first-order chi connectivity index (χ1) is 26.2. The van der Waals surface area contributed by atoms with Crippen LogP contribution in [0.4, 0.5) is 0 Å². The van der Waals surface area contributed by atoms with E-state index in [2.05, 4.69) is 132 Å². The molecule has 1 aromatic rings. The van der Waals surface area contributed by atoms with Gasteiger partial charge in [-0.05, 0) is 149 Å². The maximum atomic E-state index is 14.2. The molecule has 0 saturated carbocycles. The third-order valence-corrected chi connectivity index (χ3v) is 13.5. The van der Waals surface area contributed by atoms with E-state index in [9.17, 15) is 19.2 Å². The van der Waals surface area contributed by atoms with Gasteiger partial charge in [-0.2, -0.15) is 0 Å². The quantitative estimate of drug-likeness (QED) is 0.127. The molecule has 0 amide bonds. The Balaban J connectivity index is 1.51. The van der Waals surface area contributed by atoms with E-state index in [1.807, 2.05) is 0 Å². The molecule has 4 fully saturated rings. The van der Waals surface area contributed by atoms with Crippen molar-refractivity contribution in [1.29, 1.82) is 0 Å². The Kier molecular flexibility index (Phi) is 12.3. The van der Waals surface area contributed by atoms with E-state index < -0.39 is 23.9 Å². The number of carbonyl (C=O) groups is 4. The molecule has 0 aliphatic carbocycles. The minimum Gasteiger partial charge on any atom is -0.462 e. The van der Waals surface area contributed by atoms with E-state index in [1.54, 1.807) is 0 Å². The van der Waals surface area contributed by atoms with Crippen LogP contribution in [0, 0.1) is 23.7 Å². The Labute approximate surface area is 347 Å². The van der Waals surface area contributed by atoms with Gasteiger partial charge < -0.3 is 40.2 Å². The lowest BCUT2D eigenvalue weighted by atomic mass is 9.87. The fourth-order valence-electron chi connectivity index (χ4n) is 10.9. The maximum absolute atomic E-state index is 14.2. The summed E-state index contributed by atoms with van der Waals surface area (Å²) >= 11 is 0. The Morgan fingerprint density at radius 3 is 0.707 bits per heavy atom. The minimum atomic E-state index is -0.797. The number of hydrogen-bond acceptors (Lipinski definition) is 12. The summed E-state index contributed by atoms with van der Waals surface area (Å²) in [6, 6.07) is 2.52. The molecule has 4 heterocycles. The molecule has 4 aliphatic heterocycles. The zero-order valence-electron chi connectivity index (χ0n) is 38.4. The first kappa shape index (κ1) is 46.0. The summed E-state index contributed by atoms with van der Waals surface area (Å²) in [5, 5.41) is 14.4. The van der Waals surface area contributed by atoms with Crippen molar-refractivity contribution < 1.29 is 38.1 Å². The molecule has 5 rings (SSSR count). The zero-order chi connectivity index (χ0) is 43.7. The van der Waals surface area contributed by atoms with Crippen LogP contribution < -0.4 is 21.3 Å². The second-order valence-corrected chi connectivity index (χ2v) is 22.9. The molecule has 0 spiro atoms. The molecule has 12 nitrogen and oxygen atoms in total. The largest absolute Gasteiger partial charge is 0.462 e. The van der Waals surface area contributed by atoms with Crippen molar-refractivity contribution in [1.82, 2.24) is 21.3 Å². The van der Waals surface area contributed by atoms with E-state index in [-0.39, 0.29) is 117 Å². The Morgan fingerprint density at radius 2 is 0.569 bits per heavy atom. The van der Waals surface area contributed by atoms with Gasteiger partial charge in [0.05, 0.1) is 48.7 Å². The molecular formula is C46H74N4O8. The van der Waals surface area contributed by atoms with Crippen LogP contribution in [0.5, 0.6) is 0 Å². The number of hydrogen-bond donors (Lipinski definition) is 4. The molecule has 4 N–H and O–H groups in total. The molecule has 58 heavy (non-hydrogen) atoms. The molecular weight excluding hydrogens is 737 g/mol. The van der Waals surface area contributed by atoms with Crippen molar-refractivity contribution in [2.45, 2.75) is 181 Å². The monoisotopic (exact) mass is 811 g/mol. The smallest absolute Gasteiger partial charge is 0.339 e. The van der Waals surface area contributed by atoms with Crippen LogP contribution in [0.15, 0.2) is 12.1 Å². The minimum absolute atomic E-state index is 0.0204. The lowest BCUT2D eigenvalue weighted by Crippen LogP contribution is -2.46. The van der Waals surface area contributed by atoms with Gasteiger partial charge >= 0.3 is 23.9 Å². The summed E-state index contributed by atoms with van der Waals surface area (Å²) in [7, 11) is 0. The standard InChI is InChI=1S/C46H74N4O8/c1-39(2)19-27(43(9,10)47-39)23-55-35(51)31-17-33(37(53)57-25-29-21-41(5,6)49-45(29,13)14)34(38(54)58-26-30-22-42(7,8)50-46(30,15)16)18-32(31)36(52)56-24-28-20-40(3,4)48-44(28,11)12/h17-18,27-30,47-50H,19-26H2,1-16H3. The van der Waals surface area contributed by atoms with Crippen molar-refractivity contribution in [2.24, 2.45) is 23.7 Å². The molecule has 4 saturated heterocycles. The summed E-state index contributed by atoms with van der Waals surface area (Å²) in [5.41, 5.74) is -2.62. The summed E-state index contributed by atoms with van der Waals surface area (Å²) in [4.78, 5) is 56.9. The molecule has 12 heteroatoms. The Hall–Kier alpha value is -3.06. The van der Waals surface area contributed by atoms with Crippen LogP contribution in [0.25, 0.3) is 0 Å². The van der Waals surface area contributed by atoms with Crippen molar-refractivity contribution in [3.63, 3.8) is 0 Å². The highest BCUT2D eigenvalue weighted by Crippen LogP contribution is 2.40. The molecule has 4 aliphatic rings. The summed E-state index contributed by atoms with van der Waals surface area (Å²) < 4.78 is 23.9. The second kappa shape index (κ2) is 15.4. The van der Waals surface area contributed by atoms with E-state index >= 15 is 0 Å². The average molecular weight is 811 g/mol. The first-order valence-electron chi connectivity index (χ1n) is 21.3. The lowest BCUT2D eigenvalue weighted by molar-refractivity contribution is 0.0337. The molecule has 0 aromatic heterocycles. The maximum Gasteiger partial charge on any atom is 0.339 e. The number of nitrogens with one attached hydrogen (secondary N) is 4.